The van der Waals surface area contributed by atoms with Crippen molar-refractivity contribution in [2.75, 3.05) is 19.6 Å². The van der Waals surface area contributed by atoms with E-state index in [1.165, 1.54) is 0 Å². The first-order chi connectivity index (χ1) is 10.0. The van der Waals surface area contributed by atoms with E-state index in [1.807, 2.05) is 24.0 Å². The number of benzene rings is 1. The van der Waals surface area contributed by atoms with Gasteiger partial charge in [-0.25, -0.2) is 0 Å². The molecule has 5 heteroatoms. The number of hydrogen-bond acceptors (Lipinski definition) is 3. The molecule has 3 rings (SSSR count). The number of hydrogen-bond donors (Lipinski definition) is 2. The van der Waals surface area contributed by atoms with Crippen LogP contribution in [0.1, 0.15) is 22.8 Å². The Labute approximate surface area is 123 Å². The number of aryl methyl sites for hydroxylation is 1. The van der Waals surface area contributed by atoms with Gasteiger partial charge in [0.15, 0.2) is 0 Å². The van der Waals surface area contributed by atoms with Crippen LogP contribution < -0.4 is 10.9 Å². The fraction of sp³-hybridized carbons (Fsp3) is 0.375. The van der Waals surface area contributed by atoms with Crippen molar-refractivity contribution in [3.05, 3.63) is 45.7 Å². The van der Waals surface area contributed by atoms with Crippen LogP contribution in [0.3, 0.4) is 0 Å². The van der Waals surface area contributed by atoms with Gasteiger partial charge >= 0.3 is 0 Å². The minimum absolute atomic E-state index is 0.0209. The van der Waals surface area contributed by atoms with E-state index in [9.17, 15) is 9.59 Å². The summed E-state index contributed by atoms with van der Waals surface area (Å²) >= 11 is 0. The molecule has 1 aliphatic rings. The van der Waals surface area contributed by atoms with Crippen LogP contribution in [0, 0.1) is 6.92 Å². The average molecular weight is 285 g/mol. The summed E-state index contributed by atoms with van der Waals surface area (Å²) in [6, 6.07) is 7.40. The molecule has 1 aliphatic heterocycles. The normalized spacial score (nSPS) is 19.0. The van der Waals surface area contributed by atoms with E-state index in [0.29, 0.717) is 30.2 Å². The lowest BCUT2D eigenvalue weighted by molar-refractivity contribution is 0.0709. The molecule has 21 heavy (non-hydrogen) atoms. The van der Waals surface area contributed by atoms with E-state index in [1.54, 1.807) is 12.1 Å². The molecule has 0 aliphatic carbocycles. The summed E-state index contributed by atoms with van der Waals surface area (Å²) in [7, 11) is 0. The molecule has 1 aromatic heterocycles. The third-order valence-corrected chi connectivity index (χ3v) is 3.95. The molecule has 1 saturated heterocycles. The number of aromatic amines is 1. The summed E-state index contributed by atoms with van der Waals surface area (Å²) in [5, 5.41) is 4.29. The lowest BCUT2D eigenvalue weighted by Crippen LogP contribution is -2.51. The number of rotatable bonds is 1. The molecule has 0 spiro atoms. The first-order valence-electron chi connectivity index (χ1n) is 7.21. The second-order valence-corrected chi connectivity index (χ2v) is 5.68. The third kappa shape index (κ3) is 2.69. The maximum Gasteiger partial charge on any atom is 0.254 e. The zero-order valence-electron chi connectivity index (χ0n) is 12.3. The minimum Gasteiger partial charge on any atom is -0.336 e. The van der Waals surface area contributed by atoms with Crippen molar-refractivity contribution in [2.45, 2.75) is 19.9 Å². The molecule has 1 amide bonds. The topological polar surface area (TPSA) is 65.2 Å². The van der Waals surface area contributed by atoms with Gasteiger partial charge in [-0.15, -0.1) is 0 Å². The highest BCUT2D eigenvalue weighted by molar-refractivity contribution is 5.98. The fourth-order valence-electron chi connectivity index (χ4n) is 2.87. The number of amides is 1. The van der Waals surface area contributed by atoms with Gasteiger partial charge in [-0.1, -0.05) is 6.07 Å². The van der Waals surface area contributed by atoms with Crippen LogP contribution in [-0.4, -0.2) is 41.5 Å². The van der Waals surface area contributed by atoms with Crippen molar-refractivity contribution in [3.8, 4) is 0 Å². The minimum atomic E-state index is -0.139. The Morgan fingerprint density at radius 1 is 1.33 bits per heavy atom. The van der Waals surface area contributed by atoms with Gasteiger partial charge in [0.2, 0.25) is 5.56 Å². The van der Waals surface area contributed by atoms with E-state index in [-0.39, 0.29) is 11.5 Å². The van der Waals surface area contributed by atoms with Gasteiger partial charge in [-0.05, 0) is 31.5 Å². The highest BCUT2D eigenvalue weighted by Crippen LogP contribution is 2.17. The number of carbonyl (C=O) groups excluding carboxylic acids is 1. The number of pyridine rings is 1. The van der Waals surface area contributed by atoms with Crippen LogP contribution in [0.15, 0.2) is 29.1 Å². The molecular weight excluding hydrogens is 266 g/mol. The summed E-state index contributed by atoms with van der Waals surface area (Å²) in [5.74, 6) is 0.0209. The Hall–Kier alpha value is -2.14. The summed E-state index contributed by atoms with van der Waals surface area (Å²) in [4.78, 5) is 28.8. The Morgan fingerprint density at radius 2 is 2.14 bits per heavy atom. The Balaban J connectivity index is 1.97. The van der Waals surface area contributed by atoms with E-state index < -0.39 is 0 Å². The van der Waals surface area contributed by atoms with Crippen molar-refractivity contribution in [1.82, 2.24) is 15.2 Å². The summed E-state index contributed by atoms with van der Waals surface area (Å²) in [5.41, 5.74) is 2.12. The predicted octanol–water partition coefficient (Wildman–Crippen LogP) is 1.27. The van der Waals surface area contributed by atoms with E-state index >= 15 is 0 Å². The third-order valence-electron chi connectivity index (χ3n) is 3.95. The molecule has 1 fully saturated rings. The van der Waals surface area contributed by atoms with Gasteiger partial charge in [0, 0.05) is 48.2 Å². The fourth-order valence-corrected chi connectivity index (χ4v) is 2.87. The Morgan fingerprint density at radius 3 is 2.90 bits per heavy atom. The monoisotopic (exact) mass is 285 g/mol. The number of aromatic nitrogens is 1. The summed E-state index contributed by atoms with van der Waals surface area (Å²) in [6.45, 7) is 6.21. The van der Waals surface area contributed by atoms with Crippen molar-refractivity contribution in [3.63, 3.8) is 0 Å². The van der Waals surface area contributed by atoms with E-state index in [2.05, 4.69) is 17.2 Å². The van der Waals surface area contributed by atoms with Crippen molar-refractivity contribution in [1.29, 1.82) is 0 Å². The van der Waals surface area contributed by atoms with Crippen molar-refractivity contribution < 1.29 is 4.79 Å². The van der Waals surface area contributed by atoms with Crippen LogP contribution in [0.4, 0.5) is 0 Å². The summed E-state index contributed by atoms with van der Waals surface area (Å²) < 4.78 is 0. The molecule has 1 aromatic carbocycles. The highest BCUT2D eigenvalue weighted by atomic mass is 16.2. The van der Waals surface area contributed by atoms with Crippen molar-refractivity contribution >= 4 is 16.8 Å². The smallest absolute Gasteiger partial charge is 0.254 e. The van der Waals surface area contributed by atoms with Crippen LogP contribution in [0.5, 0.6) is 0 Å². The molecule has 2 heterocycles. The molecule has 1 atom stereocenters. The number of nitrogens with one attached hydrogen (secondary N) is 2. The zero-order valence-corrected chi connectivity index (χ0v) is 12.3. The van der Waals surface area contributed by atoms with Gasteiger partial charge in [0.1, 0.15) is 0 Å². The number of carbonyl (C=O) groups is 1. The molecule has 0 unspecified atom stereocenters. The number of H-pyrrole nitrogens is 1. The Bertz CT molecular complexity index is 751. The lowest BCUT2D eigenvalue weighted by Gasteiger charge is -2.32. The van der Waals surface area contributed by atoms with Gasteiger partial charge < -0.3 is 15.2 Å². The largest absolute Gasteiger partial charge is 0.336 e. The molecule has 0 saturated carbocycles. The van der Waals surface area contributed by atoms with Gasteiger partial charge in [-0.3, -0.25) is 9.59 Å². The van der Waals surface area contributed by atoms with Gasteiger partial charge in [0.05, 0.1) is 0 Å². The molecule has 5 nitrogen and oxygen atoms in total. The molecule has 0 bridgehead atoms. The van der Waals surface area contributed by atoms with Gasteiger partial charge in [0.25, 0.3) is 5.91 Å². The van der Waals surface area contributed by atoms with Crippen LogP contribution in [0.25, 0.3) is 10.9 Å². The van der Waals surface area contributed by atoms with Crippen LogP contribution in [-0.2, 0) is 0 Å². The second kappa shape index (κ2) is 5.33. The molecular formula is C16H19N3O2. The number of fused-ring (bicyclic) bond motifs is 1. The van der Waals surface area contributed by atoms with Crippen molar-refractivity contribution in [2.24, 2.45) is 0 Å². The Kier molecular flexibility index (Phi) is 3.51. The standard InChI is InChI=1S/C16H19N3O2/c1-10-7-15(20)18-14-8-12(3-4-13(10)14)16(21)19-6-5-17-11(2)9-19/h3-4,7-8,11,17H,5-6,9H2,1-2H3,(H,18,20)/t11-/m1/s1. The number of nitrogens with zero attached hydrogens (tertiary/aromatic N) is 1. The average Bonchev–Trinajstić information content (AvgIpc) is 2.45. The quantitative estimate of drug-likeness (QED) is 0.829. The molecule has 110 valence electrons. The SMILES string of the molecule is Cc1cc(=O)[nH]c2cc(C(=O)N3CCN[C@H](C)C3)ccc12. The first kappa shape index (κ1) is 13.8. The van der Waals surface area contributed by atoms with Crippen LogP contribution >= 0.6 is 0 Å². The maximum absolute atomic E-state index is 12.6. The lowest BCUT2D eigenvalue weighted by atomic mass is 10.1. The van der Waals surface area contributed by atoms with E-state index in [0.717, 1.165) is 17.5 Å². The maximum atomic E-state index is 12.6. The summed E-state index contributed by atoms with van der Waals surface area (Å²) in [6.07, 6.45) is 0. The molecule has 2 N–H and O–H groups in total. The highest BCUT2D eigenvalue weighted by Gasteiger charge is 2.21. The predicted molar refractivity (Wildman–Crippen MR) is 82.7 cm³/mol. The molecule has 0 radical (unpaired) electrons. The first-order valence-corrected chi connectivity index (χ1v) is 7.21. The second-order valence-electron chi connectivity index (χ2n) is 5.68. The molecule has 2 aromatic rings. The van der Waals surface area contributed by atoms with E-state index in [4.69, 9.17) is 0 Å². The van der Waals surface area contributed by atoms with Crippen LogP contribution in [0.2, 0.25) is 0 Å². The van der Waals surface area contributed by atoms with Gasteiger partial charge in [-0.2, -0.15) is 0 Å². The number of piperazine rings is 1. The zero-order chi connectivity index (χ0) is 15.0.